The number of nitrogens with zero attached hydrogens (tertiary/aromatic N) is 1. The van der Waals surface area contributed by atoms with Gasteiger partial charge < -0.3 is 10.1 Å². The van der Waals surface area contributed by atoms with E-state index in [4.69, 9.17) is 16.3 Å². The number of amidine groups is 1. The van der Waals surface area contributed by atoms with Crippen LogP contribution in [0.3, 0.4) is 0 Å². The van der Waals surface area contributed by atoms with Gasteiger partial charge >= 0.3 is 0 Å². The average molecular weight is 405 g/mol. The van der Waals surface area contributed by atoms with Gasteiger partial charge in [0, 0.05) is 0 Å². The molecule has 4 nitrogen and oxygen atoms in total. The molecule has 1 aliphatic heterocycles. The predicted molar refractivity (Wildman–Crippen MR) is 109 cm³/mol. The van der Waals surface area contributed by atoms with Gasteiger partial charge in [-0.2, -0.15) is 0 Å². The molecule has 0 aromatic heterocycles. The van der Waals surface area contributed by atoms with Crippen molar-refractivity contribution in [3.8, 4) is 5.75 Å². The van der Waals surface area contributed by atoms with Crippen molar-refractivity contribution in [1.29, 1.82) is 0 Å². The molecule has 1 N–H and O–H groups in total. The summed E-state index contributed by atoms with van der Waals surface area (Å²) in [5, 5.41) is 3.64. The van der Waals surface area contributed by atoms with Crippen molar-refractivity contribution in [2.24, 2.45) is 4.99 Å². The zero-order valence-electron chi connectivity index (χ0n) is 14.8. The Balaban J connectivity index is 1.76. The molecule has 0 bridgehead atoms. The van der Waals surface area contributed by atoms with Crippen molar-refractivity contribution in [1.82, 2.24) is 5.32 Å². The standard InChI is InChI=1S/C20H18ClFN2O2S/c1-3-12(2)26-17-9-4-13(10-16(17)21)11-18-19(25)24-20(27-18)23-15-7-5-14(22)6-8-15/h4-12H,3H2,1-2H3,(H,23,24,25)/b18-11+/t12-/m1/s1. The highest BCUT2D eigenvalue weighted by Gasteiger charge is 2.24. The molecule has 2 aromatic carbocycles. The van der Waals surface area contributed by atoms with Gasteiger partial charge in [-0.3, -0.25) is 4.79 Å². The summed E-state index contributed by atoms with van der Waals surface area (Å²) in [6, 6.07) is 11.1. The van der Waals surface area contributed by atoms with E-state index in [0.29, 0.717) is 26.5 Å². The molecule has 0 saturated carbocycles. The largest absolute Gasteiger partial charge is 0.489 e. The summed E-state index contributed by atoms with van der Waals surface area (Å²) < 4.78 is 18.7. The maximum Gasteiger partial charge on any atom is 0.264 e. The fourth-order valence-electron chi connectivity index (χ4n) is 2.27. The molecule has 0 radical (unpaired) electrons. The Bertz CT molecular complexity index is 913. The molecular weight excluding hydrogens is 387 g/mol. The molecule has 1 atom stereocenters. The van der Waals surface area contributed by atoms with Gasteiger partial charge in [0.15, 0.2) is 5.17 Å². The van der Waals surface area contributed by atoms with Gasteiger partial charge in [-0.15, -0.1) is 0 Å². The van der Waals surface area contributed by atoms with Crippen molar-refractivity contribution in [2.45, 2.75) is 26.4 Å². The zero-order chi connectivity index (χ0) is 19.4. The molecular formula is C20H18ClFN2O2S. The third-order valence-electron chi connectivity index (χ3n) is 3.86. The zero-order valence-corrected chi connectivity index (χ0v) is 16.4. The molecule has 27 heavy (non-hydrogen) atoms. The van der Waals surface area contributed by atoms with E-state index >= 15 is 0 Å². The lowest BCUT2D eigenvalue weighted by Crippen LogP contribution is -2.19. The average Bonchev–Trinajstić information content (AvgIpc) is 2.98. The van der Waals surface area contributed by atoms with E-state index in [1.54, 1.807) is 30.3 Å². The van der Waals surface area contributed by atoms with Gasteiger partial charge in [0.1, 0.15) is 11.6 Å². The van der Waals surface area contributed by atoms with E-state index in [-0.39, 0.29) is 17.8 Å². The third-order valence-corrected chi connectivity index (χ3v) is 5.07. The maximum atomic E-state index is 13.0. The number of carbonyl (C=O) groups excluding carboxylic acids is 1. The van der Waals surface area contributed by atoms with Crippen LogP contribution in [-0.2, 0) is 4.79 Å². The van der Waals surface area contributed by atoms with Gasteiger partial charge in [0.25, 0.3) is 5.91 Å². The van der Waals surface area contributed by atoms with E-state index in [1.807, 2.05) is 19.9 Å². The Labute approximate surface area is 166 Å². The minimum absolute atomic E-state index is 0.0769. The van der Waals surface area contributed by atoms with Crippen LogP contribution in [-0.4, -0.2) is 17.2 Å². The van der Waals surface area contributed by atoms with Crippen LogP contribution in [0.25, 0.3) is 6.08 Å². The van der Waals surface area contributed by atoms with E-state index in [0.717, 1.165) is 12.0 Å². The maximum absolute atomic E-state index is 13.0. The molecule has 1 aliphatic rings. The molecule has 1 heterocycles. The van der Waals surface area contributed by atoms with E-state index in [2.05, 4.69) is 10.3 Å². The molecule has 7 heteroatoms. The van der Waals surface area contributed by atoms with Crippen LogP contribution in [0.2, 0.25) is 5.02 Å². The monoisotopic (exact) mass is 404 g/mol. The van der Waals surface area contributed by atoms with E-state index in [1.165, 1.54) is 23.9 Å². The number of thioether (sulfide) groups is 1. The molecule has 140 valence electrons. The quantitative estimate of drug-likeness (QED) is 0.665. The number of ether oxygens (including phenoxy) is 1. The molecule has 0 aliphatic carbocycles. The summed E-state index contributed by atoms with van der Waals surface area (Å²) in [4.78, 5) is 17.0. The normalized spacial score (nSPS) is 18.0. The Morgan fingerprint density at radius 1 is 1.30 bits per heavy atom. The van der Waals surface area contributed by atoms with E-state index < -0.39 is 0 Å². The summed E-state index contributed by atoms with van der Waals surface area (Å²) in [5.74, 6) is 0.0486. The molecule has 3 rings (SSSR count). The topological polar surface area (TPSA) is 50.7 Å². The number of carbonyl (C=O) groups is 1. The summed E-state index contributed by atoms with van der Waals surface area (Å²) in [6.45, 7) is 4.02. The number of rotatable bonds is 5. The second-order valence-corrected chi connectivity index (χ2v) is 7.42. The lowest BCUT2D eigenvalue weighted by Gasteiger charge is -2.14. The first-order chi connectivity index (χ1) is 12.9. The van der Waals surface area contributed by atoms with Crippen LogP contribution < -0.4 is 10.1 Å². The molecule has 2 aromatic rings. The lowest BCUT2D eigenvalue weighted by atomic mass is 10.2. The van der Waals surface area contributed by atoms with Crippen LogP contribution in [0.15, 0.2) is 52.4 Å². The number of benzene rings is 2. The van der Waals surface area contributed by atoms with Gasteiger partial charge in [0.2, 0.25) is 0 Å². The highest BCUT2D eigenvalue weighted by molar-refractivity contribution is 8.18. The summed E-state index contributed by atoms with van der Waals surface area (Å²) in [7, 11) is 0. The number of amides is 1. The summed E-state index contributed by atoms with van der Waals surface area (Å²) >= 11 is 7.50. The fraction of sp³-hybridized carbons (Fsp3) is 0.200. The summed E-state index contributed by atoms with van der Waals surface area (Å²) in [6.07, 6.45) is 2.70. The number of halogens is 2. The second kappa shape index (κ2) is 8.59. The number of nitrogens with one attached hydrogen (secondary N) is 1. The minimum atomic E-state index is -0.333. The third kappa shape index (κ3) is 5.11. The van der Waals surface area contributed by atoms with Crippen molar-refractivity contribution < 1.29 is 13.9 Å². The Morgan fingerprint density at radius 3 is 2.70 bits per heavy atom. The first-order valence-corrected chi connectivity index (χ1v) is 9.65. The second-order valence-electron chi connectivity index (χ2n) is 5.98. The van der Waals surface area contributed by atoms with Crippen LogP contribution in [0, 0.1) is 5.82 Å². The van der Waals surface area contributed by atoms with Crippen molar-refractivity contribution in [3.05, 3.63) is 63.8 Å². The predicted octanol–water partition coefficient (Wildman–Crippen LogP) is 5.55. The van der Waals surface area contributed by atoms with Gasteiger partial charge in [-0.25, -0.2) is 9.38 Å². The van der Waals surface area contributed by atoms with Crippen LogP contribution >= 0.6 is 23.4 Å². The van der Waals surface area contributed by atoms with Crippen LogP contribution in [0.5, 0.6) is 5.75 Å². The highest BCUT2D eigenvalue weighted by Crippen LogP contribution is 2.31. The Kier molecular flexibility index (Phi) is 6.19. The van der Waals surface area contributed by atoms with Gasteiger partial charge in [-0.1, -0.05) is 24.6 Å². The van der Waals surface area contributed by atoms with Gasteiger partial charge in [0.05, 0.1) is 21.7 Å². The molecule has 1 fully saturated rings. The molecule has 0 unspecified atom stereocenters. The van der Waals surface area contributed by atoms with Crippen molar-refractivity contribution in [2.75, 3.05) is 0 Å². The first-order valence-electron chi connectivity index (χ1n) is 8.46. The minimum Gasteiger partial charge on any atom is -0.489 e. The smallest absolute Gasteiger partial charge is 0.264 e. The first kappa shape index (κ1) is 19.5. The number of hydrogen-bond acceptors (Lipinski definition) is 4. The number of hydrogen-bond donors (Lipinski definition) is 1. The lowest BCUT2D eigenvalue weighted by molar-refractivity contribution is -0.115. The number of aliphatic imine (C=N–C) groups is 1. The Hall–Kier alpha value is -2.31. The Morgan fingerprint density at radius 2 is 2.04 bits per heavy atom. The fourth-order valence-corrected chi connectivity index (χ4v) is 3.34. The van der Waals surface area contributed by atoms with Gasteiger partial charge in [-0.05, 0) is 73.1 Å². The van der Waals surface area contributed by atoms with E-state index in [9.17, 15) is 9.18 Å². The van der Waals surface area contributed by atoms with Crippen molar-refractivity contribution in [3.63, 3.8) is 0 Å². The molecule has 1 amide bonds. The van der Waals surface area contributed by atoms with Crippen molar-refractivity contribution >= 4 is 46.2 Å². The SMILES string of the molecule is CC[C@@H](C)Oc1ccc(/C=C2/SC(=Nc3ccc(F)cc3)NC2=O)cc1Cl. The molecule has 0 spiro atoms. The summed E-state index contributed by atoms with van der Waals surface area (Å²) in [5.41, 5.74) is 1.35. The van der Waals surface area contributed by atoms with Crippen LogP contribution in [0.4, 0.5) is 10.1 Å². The highest BCUT2D eigenvalue weighted by atomic mass is 35.5. The molecule has 1 saturated heterocycles. The van der Waals surface area contributed by atoms with Crippen LogP contribution in [0.1, 0.15) is 25.8 Å².